The van der Waals surface area contributed by atoms with Gasteiger partial charge >= 0.3 is 6.03 Å². The third kappa shape index (κ3) is 4.91. The maximum atomic E-state index is 14.1. The van der Waals surface area contributed by atoms with Crippen molar-refractivity contribution in [2.75, 3.05) is 18.5 Å². The number of halogens is 3. The number of nitrogens with zero attached hydrogens (tertiary/aromatic N) is 3. The molecule has 0 spiro atoms. The Labute approximate surface area is 172 Å². The number of nitrogens with one attached hydrogen (secondary N) is 2. The van der Waals surface area contributed by atoms with Crippen LogP contribution >= 0.6 is 11.6 Å². The predicted molar refractivity (Wildman–Crippen MR) is 105 cm³/mol. The Morgan fingerprint density at radius 2 is 2.10 bits per heavy atom. The van der Waals surface area contributed by atoms with Crippen LogP contribution in [-0.2, 0) is 13.0 Å². The van der Waals surface area contributed by atoms with Gasteiger partial charge in [-0.3, -0.25) is 0 Å². The van der Waals surface area contributed by atoms with Gasteiger partial charge in [0.25, 0.3) is 0 Å². The molecule has 2 aromatic rings. The fraction of sp³-hybridized carbons (Fsp3) is 0.421. The first-order valence-electron chi connectivity index (χ1n) is 9.20. The standard InChI is InChI=1S/C19H22ClF2N5O2/c1-10(9-28)24-18-23-7-12-3-4-27(8-17(12)26-18)19(29)25-11(2)13-5-16(22)14(20)6-15(13)21/h5-7,10-11,28H,3-4,8-9H2,1-2H3,(H,25,29)(H,23,24,26)/t10-,11+/m0/s1. The minimum Gasteiger partial charge on any atom is -0.394 e. The molecule has 1 aromatic heterocycles. The van der Waals surface area contributed by atoms with E-state index >= 15 is 0 Å². The van der Waals surface area contributed by atoms with E-state index < -0.39 is 23.7 Å². The number of fused-ring (bicyclic) bond motifs is 1. The van der Waals surface area contributed by atoms with E-state index in [4.69, 9.17) is 16.7 Å². The van der Waals surface area contributed by atoms with Gasteiger partial charge in [0.2, 0.25) is 5.95 Å². The molecule has 2 heterocycles. The summed E-state index contributed by atoms with van der Waals surface area (Å²) in [6, 6.07) is 0.525. The molecule has 156 valence electrons. The maximum absolute atomic E-state index is 14.1. The maximum Gasteiger partial charge on any atom is 0.318 e. The van der Waals surface area contributed by atoms with E-state index in [-0.39, 0.29) is 29.8 Å². The van der Waals surface area contributed by atoms with Crippen LogP contribution in [0.5, 0.6) is 0 Å². The van der Waals surface area contributed by atoms with Gasteiger partial charge in [0, 0.05) is 24.3 Å². The Kier molecular flexibility index (Phi) is 6.49. The summed E-state index contributed by atoms with van der Waals surface area (Å²) in [4.78, 5) is 22.8. The van der Waals surface area contributed by atoms with Crippen molar-refractivity contribution < 1.29 is 18.7 Å². The molecule has 1 aliphatic heterocycles. The summed E-state index contributed by atoms with van der Waals surface area (Å²) in [5.74, 6) is -1.06. The molecular formula is C19H22ClF2N5O2. The van der Waals surface area contributed by atoms with Gasteiger partial charge < -0.3 is 20.6 Å². The van der Waals surface area contributed by atoms with E-state index in [0.717, 1.165) is 17.7 Å². The number of aliphatic hydroxyl groups is 1. The molecule has 0 saturated carbocycles. The molecule has 1 aromatic carbocycles. The molecular weight excluding hydrogens is 404 g/mol. The fourth-order valence-electron chi connectivity index (χ4n) is 3.04. The van der Waals surface area contributed by atoms with Gasteiger partial charge in [-0.2, -0.15) is 0 Å². The lowest BCUT2D eigenvalue weighted by Crippen LogP contribution is -2.44. The van der Waals surface area contributed by atoms with Gasteiger partial charge in [0.05, 0.1) is 29.9 Å². The third-order valence-electron chi connectivity index (χ3n) is 4.73. The van der Waals surface area contributed by atoms with E-state index in [2.05, 4.69) is 20.6 Å². The first kappa shape index (κ1) is 21.2. The van der Waals surface area contributed by atoms with Gasteiger partial charge in [-0.15, -0.1) is 0 Å². The molecule has 2 amide bonds. The molecule has 0 saturated heterocycles. The molecule has 10 heteroatoms. The van der Waals surface area contributed by atoms with Gasteiger partial charge in [-0.25, -0.2) is 23.5 Å². The largest absolute Gasteiger partial charge is 0.394 e. The van der Waals surface area contributed by atoms with Crippen molar-refractivity contribution in [3.05, 3.63) is 51.8 Å². The van der Waals surface area contributed by atoms with E-state index in [9.17, 15) is 13.6 Å². The number of urea groups is 1. The normalized spacial score (nSPS) is 15.4. The average Bonchev–Trinajstić information content (AvgIpc) is 2.69. The number of anilines is 1. The Hall–Kier alpha value is -2.52. The van der Waals surface area contributed by atoms with Crippen LogP contribution in [0.3, 0.4) is 0 Å². The van der Waals surface area contributed by atoms with Gasteiger partial charge in [-0.1, -0.05) is 11.6 Å². The van der Waals surface area contributed by atoms with Crippen LogP contribution in [-0.4, -0.2) is 45.2 Å². The molecule has 3 rings (SSSR count). The van der Waals surface area contributed by atoms with Gasteiger partial charge in [0.1, 0.15) is 11.6 Å². The van der Waals surface area contributed by atoms with Crippen molar-refractivity contribution in [1.29, 1.82) is 0 Å². The number of amides is 2. The zero-order valence-electron chi connectivity index (χ0n) is 16.0. The molecule has 7 nitrogen and oxygen atoms in total. The molecule has 0 radical (unpaired) electrons. The summed E-state index contributed by atoms with van der Waals surface area (Å²) in [7, 11) is 0. The summed E-state index contributed by atoms with van der Waals surface area (Å²) < 4.78 is 27.8. The van der Waals surface area contributed by atoms with Crippen molar-refractivity contribution in [1.82, 2.24) is 20.2 Å². The number of aliphatic hydroxyl groups excluding tert-OH is 1. The highest BCUT2D eigenvalue weighted by molar-refractivity contribution is 6.30. The molecule has 3 N–H and O–H groups in total. The topological polar surface area (TPSA) is 90.4 Å². The number of hydrogen-bond donors (Lipinski definition) is 3. The highest BCUT2D eigenvalue weighted by Crippen LogP contribution is 2.24. The smallest absolute Gasteiger partial charge is 0.318 e. The van der Waals surface area contributed by atoms with Gasteiger partial charge in [-0.05, 0) is 38.0 Å². The SMILES string of the molecule is C[C@@H](CO)Nc1ncc2c(n1)CN(C(=O)N[C@H](C)c1cc(F)c(Cl)cc1F)CC2. The molecule has 29 heavy (non-hydrogen) atoms. The second-order valence-corrected chi connectivity index (χ2v) is 7.43. The fourth-order valence-corrected chi connectivity index (χ4v) is 3.19. The molecule has 1 aliphatic rings. The average molecular weight is 426 g/mol. The number of carbonyl (C=O) groups excluding carboxylic acids is 1. The molecule has 0 fully saturated rings. The highest BCUT2D eigenvalue weighted by atomic mass is 35.5. The summed E-state index contributed by atoms with van der Waals surface area (Å²) in [5, 5.41) is 14.5. The van der Waals surface area contributed by atoms with Crippen LogP contribution in [0.4, 0.5) is 19.5 Å². The lowest BCUT2D eigenvalue weighted by Gasteiger charge is -2.29. The summed E-state index contributed by atoms with van der Waals surface area (Å²) in [6.45, 7) is 4.02. The zero-order valence-corrected chi connectivity index (χ0v) is 16.8. The predicted octanol–water partition coefficient (Wildman–Crippen LogP) is 3.03. The minimum atomic E-state index is -0.747. The van der Waals surface area contributed by atoms with Crippen molar-refractivity contribution in [2.24, 2.45) is 0 Å². The Balaban J connectivity index is 1.69. The summed E-state index contributed by atoms with van der Waals surface area (Å²) >= 11 is 5.58. The molecule has 0 unspecified atom stereocenters. The van der Waals surface area contributed by atoms with Crippen LogP contribution in [0.15, 0.2) is 18.3 Å². The number of aromatic nitrogens is 2. The third-order valence-corrected chi connectivity index (χ3v) is 5.02. The molecule has 2 atom stereocenters. The first-order valence-corrected chi connectivity index (χ1v) is 9.58. The van der Waals surface area contributed by atoms with Crippen LogP contribution in [0, 0.1) is 11.6 Å². The second kappa shape index (κ2) is 8.87. The van der Waals surface area contributed by atoms with Crippen molar-refractivity contribution in [3.63, 3.8) is 0 Å². The van der Waals surface area contributed by atoms with Crippen molar-refractivity contribution in [3.8, 4) is 0 Å². The zero-order chi connectivity index (χ0) is 21.1. The first-order chi connectivity index (χ1) is 13.8. The molecule has 0 bridgehead atoms. The lowest BCUT2D eigenvalue weighted by molar-refractivity contribution is 0.188. The van der Waals surface area contributed by atoms with Crippen molar-refractivity contribution in [2.45, 2.75) is 38.9 Å². The quantitative estimate of drug-likeness (QED) is 0.640. The Morgan fingerprint density at radius 1 is 1.34 bits per heavy atom. The van der Waals surface area contributed by atoms with Crippen LogP contribution in [0.1, 0.15) is 36.7 Å². The number of benzene rings is 1. The minimum absolute atomic E-state index is 0.0180. The number of rotatable bonds is 5. The Bertz CT molecular complexity index is 914. The molecule has 0 aliphatic carbocycles. The van der Waals surface area contributed by atoms with E-state index in [1.165, 1.54) is 0 Å². The highest BCUT2D eigenvalue weighted by Gasteiger charge is 2.25. The van der Waals surface area contributed by atoms with Crippen LogP contribution < -0.4 is 10.6 Å². The van der Waals surface area contributed by atoms with Gasteiger partial charge in [0.15, 0.2) is 0 Å². The number of hydrogen-bond acceptors (Lipinski definition) is 5. The monoisotopic (exact) mass is 425 g/mol. The summed E-state index contributed by atoms with van der Waals surface area (Å²) in [6.07, 6.45) is 2.29. The number of carbonyl (C=O) groups is 1. The Morgan fingerprint density at radius 3 is 2.83 bits per heavy atom. The van der Waals surface area contributed by atoms with E-state index in [0.29, 0.717) is 24.6 Å². The van der Waals surface area contributed by atoms with Crippen molar-refractivity contribution >= 4 is 23.6 Å². The second-order valence-electron chi connectivity index (χ2n) is 7.02. The van der Waals surface area contributed by atoms with E-state index in [1.54, 1.807) is 24.9 Å². The lowest BCUT2D eigenvalue weighted by atomic mass is 10.1. The van der Waals surface area contributed by atoms with Crippen LogP contribution in [0.2, 0.25) is 5.02 Å². The van der Waals surface area contributed by atoms with Crippen LogP contribution in [0.25, 0.3) is 0 Å². The van der Waals surface area contributed by atoms with E-state index in [1.807, 2.05) is 0 Å². The summed E-state index contributed by atoms with van der Waals surface area (Å²) in [5.41, 5.74) is 1.66.